The van der Waals surface area contributed by atoms with Crippen molar-refractivity contribution < 1.29 is 19.1 Å². The second kappa shape index (κ2) is 5.14. The molecule has 2 aromatic rings. The highest BCUT2D eigenvalue weighted by Crippen LogP contribution is 2.40. The van der Waals surface area contributed by atoms with Crippen LogP contribution in [-0.2, 0) is 4.79 Å². The minimum Gasteiger partial charge on any atom is -0.454 e. The molecule has 0 aromatic heterocycles. The smallest absolute Gasteiger partial charge is 0.258 e. The molecular weight excluding hydrogens is 318 g/mol. The van der Waals surface area contributed by atoms with Crippen molar-refractivity contribution in [1.29, 1.82) is 0 Å². The van der Waals surface area contributed by atoms with Crippen molar-refractivity contribution in [2.24, 2.45) is 0 Å². The number of hydrogen-bond donors (Lipinski definition) is 1. The Balaban J connectivity index is 1.85. The molecule has 0 aliphatic carbocycles. The van der Waals surface area contributed by atoms with Crippen molar-refractivity contribution in [3.05, 3.63) is 58.1 Å². The van der Waals surface area contributed by atoms with Crippen molar-refractivity contribution in [3.8, 4) is 11.5 Å². The predicted octanol–water partition coefficient (Wildman–Crippen LogP) is 2.88. The first-order valence-corrected chi connectivity index (χ1v) is 7.27. The van der Waals surface area contributed by atoms with E-state index in [-0.39, 0.29) is 6.79 Å². The van der Waals surface area contributed by atoms with Crippen molar-refractivity contribution in [2.75, 3.05) is 6.79 Å². The average molecular weight is 328 g/mol. The van der Waals surface area contributed by atoms with Gasteiger partial charge in [0.15, 0.2) is 11.5 Å². The van der Waals surface area contributed by atoms with E-state index in [1.807, 2.05) is 0 Å². The van der Waals surface area contributed by atoms with Gasteiger partial charge in [-0.25, -0.2) is 0 Å². The first-order chi connectivity index (χ1) is 11.1. The molecule has 5 nitrogen and oxygen atoms in total. The van der Waals surface area contributed by atoms with Gasteiger partial charge in [-0.05, 0) is 35.4 Å². The van der Waals surface area contributed by atoms with Crippen LogP contribution in [-0.4, -0.2) is 18.6 Å². The number of carbonyl (C=O) groups is 2. The average Bonchev–Trinajstić information content (AvgIpc) is 3.00. The van der Waals surface area contributed by atoms with Crippen molar-refractivity contribution >= 4 is 35.1 Å². The maximum atomic E-state index is 12.2. The van der Waals surface area contributed by atoms with E-state index in [0.717, 1.165) is 0 Å². The molecule has 0 spiro atoms. The molecule has 0 atom stereocenters. The zero-order valence-electron chi connectivity index (χ0n) is 11.8. The summed E-state index contributed by atoms with van der Waals surface area (Å²) in [5.41, 5.74) is 2.14. The van der Waals surface area contributed by atoms with Crippen molar-refractivity contribution in [2.45, 2.75) is 0 Å². The fourth-order valence-electron chi connectivity index (χ4n) is 2.66. The Kier molecular flexibility index (Phi) is 3.09. The van der Waals surface area contributed by atoms with Gasteiger partial charge in [0.05, 0.1) is 5.02 Å². The van der Waals surface area contributed by atoms with Crippen LogP contribution in [0.1, 0.15) is 21.5 Å². The number of carbonyl (C=O) groups excluding carboxylic acids is 2. The van der Waals surface area contributed by atoms with Crippen molar-refractivity contribution in [1.82, 2.24) is 5.32 Å². The minimum absolute atomic E-state index is 0.118. The summed E-state index contributed by atoms with van der Waals surface area (Å²) >= 11 is 6.16. The van der Waals surface area contributed by atoms with Crippen LogP contribution >= 0.6 is 11.6 Å². The number of nitrogens with one attached hydrogen (secondary N) is 1. The van der Waals surface area contributed by atoms with E-state index < -0.39 is 11.8 Å². The van der Waals surface area contributed by atoms with Crippen LogP contribution in [0.15, 0.2) is 36.4 Å². The molecule has 2 aliphatic rings. The molecule has 0 fully saturated rings. The van der Waals surface area contributed by atoms with Gasteiger partial charge in [0.25, 0.3) is 11.8 Å². The van der Waals surface area contributed by atoms with Gasteiger partial charge in [0, 0.05) is 11.1 Å². The summed E-state index contributed by atoms with van der Waals surface area (Å²) in [4.78, 5) is 24.1. The van der Waals surface area contributed by atoms with Gasteiger partial charge in [0.2, 0.25) is 6.79 Å². The number of fused-ring (bicyclic) bond motifs is 2. The molecule has 4 rings (SSSR count). The van der Waals surface area contributed by atoms with E-state index in [2.05, 4.69) is 5.32 Å². The quantitative estimate of drug-likeness (QED) is 0.646. The fraction of sp³-hybridized carbons (Fsp3) is 0.0588. The molecule has 0 unspecified atom stereocenters. The van der Waals surface area contributed by atoms with Gasteiger partial charge in [0.1, 0.15) is 0 Å². The van der Waals surface area contributed by atoms with Crippen LogP contribution in [0.3, 0.4) is 0 Å². The molecule has 2 heterocycles. The number of rotatable bonds is 1. The number of halogens is 1. The highest BCUT2D eigenvalue weighted by molar-refractivity contribution is 6.34. The highest BCUT2D eigenvalue weighted by atomic mass is 35.5. The number of amides is 2. The maximum Gasteiger partial charge on any atom is 0.258 e. The largest absolute Gasteiger partial charge is 0.454 e. The second-order valence-electron chi connectivity index (χ2n) is 5.12. The van der Waals surface area contributed by atoms with E-state index >= 15 is 0 Å². The van der Waals surface area contributed by atoms with Crippen LogP contribution in [0.4, 0.5) is 0 Å². The minimum atomic E-state index is -0.442. The lowest BCUT2D eigenvalue weighted by Gasteiger charge is -2.18. The van der Waals surface area contributed by atoms with Gasteiger partial charge in [-0.1, -0.05) is 29.8 Å². The van der Waals surface area contributed by atoms with E-state index in [9.17, 15) is 9.59 Å². The molecule has 0 saturated carbocycles. The number of ether oxygens (including phenoxy) is 2. The normalized spacial score (nSPS) is 17.2. The van der Waals surface area contributed by atoms with E-state index in [0.29, 0.717) is 38.8 Å². The summed E-state index contributed by atoms with van der Waals surface area (Å²) in [6, 6.07) is 10.4. The summed E-state index contributed by atoms with van der Waals surface area (Å²) in [6.07, 6.45) is 1.68. The Morgan fingerprint density at radius 1 is 1.04 bits per heavy atom. The van der Waals surface area contributed by atoms with Gasteiger partial charge in [-0.3, -0.25) is 14.9 Å². The molecule has 2 aromatic carbocycles. The first kappa shape index (κ1) is 13.8. The maximum absolute atomic E-state index is 12.2. The Labute approximate surface area is 136 Å². The van der Waals surface area contributed by atoms with Crippen LogP contribution < -0.4 is 14.8 Å². The third-order valence-electron chi connectivity index (χ3n) is 3.69. The third-order valence-corrected chi connectivity index (χ3v) is 3.97. The molecule has 6 heteroatoms. The molecule has 0 radical (unpaired) electrons. The van der Waals surface area contributed by atoms with Crippen LogP contribution in [0.2, 0.25) is 5.02 Å². The van der Waals surface area contributed by atoms with Gasteiger partial charge < -0.3 is 9.47 Å². The van der Waals surface area contributed by atoms with Crippen LogP contribution in [0.5, 0.6) is 11.5 Å². The van der Waals surface area contributed by atoms with E-state index in [4.69, 9.17) is 21.1 Å². The van der Waals surface area contributed by atoms with Gasteiger partial charge >= 0.3 is 0 Å². The standard InChI is InChI=1S/C17H10ClNO4/c18-13-6-9(7-14-15(13)23-8-22-14)5-12-10-3-1-2-4-11(10)16(20)19-17(12)21/h1-7H,8H2,(H,19,20,21). The molecular formula is C17H10ClNO4. The predicted molar refractivity (Wildman–Crippen MR) is 84.4 cm³/mol. The summed E-state index contributed by atoms with van der Waals surface area (Å²) in [7, 11) is 0. The Bertz CT molecular complexity index is 888. The zero-order valence-corrected chi connectivity index (χ0v) is 12.5. The monoisotopic (exact) mass is 327 g/mol. The molecule has 23 heavy (non-hydrogen) atoms. The van der Waals surface area contributed by atoms with Gasteiger partial charge in [-0.2, -0.15) is 0 Å². The molecule has 114 valence electrons. The highest BCUT2D eigenvalue weighted by Gasteiger charge is 2.27. The molecule has 2 amide bonds. The number of benzene rings is 2. The van der Waals surface area contributed by atoms with Crippen LogP contribution in [0.25, 0.3) is 11.6 Å². The van der Waals surface area contributed by atoms with Crippen LogP contribution in [0, 0.1) is 0 Å². The molecule has 0 bridgehead atoms. The lowest BCUT2D eigenvalue weighted by molar-refractivity contribution is -0.114. The molecule has 0 saturated heterocycles. The lowest BCUT2D eigenvalue weighted by Crippen LogP contribution is -2.36. The Morgan fingerprint density at radius 2 is 1.83 bits per heavy atom. The number of imide groups is 1. The number of hydrogen-bond acceptors (Lipinski definition) is 4. The van der Waals surface area contributed by atoms with E-state index in [1.54, 1.807) is 42.5 Å². The van der Waals surface area contributed by atoms with Gasteiger partial charge in [-0.15, -0.1) is 0 Å². The summed E-state index contributed by atoms with van der Waals surface area (Å²) in [6.45, 7) is 0.118. The Hall–Kier alpha value is -2.79. The van der Waals surface area contributed by atoms with Crippen molar-refractivity contribution in [3.63, 3.8) is 0 Å². The summed E-state index contributed by atoms with van der Waals surface area (Å²) in [5.74, 6) is 0.191. The lowest BCUT2D eigenvalue weighted by atomic mass is 9.93. The summed E-state index contributed by atoms with van der Waals surface area (Å²) in [5, 5.41) is 2.75. The Morgan fingerprint density at radius 3 is 2.65 bits per heavy atom. The topological polar surface area (TPSA) is 64.6 Å². The van der Waals surface area contributed by atoms with E-state index in [1.165, 1.54) is 0 Å². The summed E-state index contributed by atoms with van der Waals surface area (Å²) < 4.78 is 10.6. The fourth-order valence-corrected chi connectivity index (χ4v) is 2.93. The third kappa shape index (κ3) is 2.26. The first-order valence-electron chi connectivity index (χ1n) is 6.89. The molecule has 1 N–H and O–H groups in total. The zero-order chi connectivity index (χ0) is 16.0. The second-order valence-corrected chi connectivity index (χ2v) is 5.53. The SMILES string of the molecule is O=C1NC(=O)c2ccccc2C1=Cc1cc(Cl)c2c(c1)OCO2. The molecule has 2 aliphatic heterocycles.